The number of rotatable bonds is 10. The van der Waals surface area contributed by atoms with E-state index in [2.05, 4.69) is 111 Å². The maximum Gasteiger partial charge on any atom is 0.151 e. The van der Waals surface area contributed by atoms with Crippen LogP contribution >= 0.6 is 0 Å². The van der Waals surface area contributed by atoms with Crippen LogP contribution in [0.15, 0.2) is 97.1 Å². The molecular formula is C28H30O2Si2. The molecule has 0 saturated heterocycles. The Bertz CT molecular complexity index is 1030. The summed E-state index contributed by atoms with van der Waals surface area (Å²) >= 11 is 0. The topological polar surface area (TPSA) is 18.5 Å². The Balaban J connectivity index is 1.84. The molecule has 2 radical (unpaired) electrons. The van der Waals surface area contributed by atoms with E-state index in [0.717, 1.165) is 25.7 Å². The third kappa shape index (κ3) is 5.10. The van der Waals surface area contributed by atoms with Gasteiger partial charge >= 0.3 is 0 Å². The molecule has 0 saturated carbocycles. The summed E-state index contributed by atoms with van der Waals surface area (Å²) in [6.45, 7) is 5.64. The van der Waals surface area contributed by atoms with Crippen LogP contribution in [-0.4, -0.2) is 43.3 Å². The van der Waals surface area contributed by atoms with Crippen LogP contribution in [0.4, 0.5) is 0 Å². The molecule has 0 unspecified atom stereocenters. The standard InChI is InChI=1S/C28H30O2Si2/c1-3-29-21-31(23-13-7-5-8-14-23)27-19-11-18-26-25(27)17-12-20-28(26)32(22-30-4-2)24-15-9-6-10-16-24/h5-20H,3-4,21-22H2,1-2H3. The molecule has 2 nitrogen and oxygen atoms in total. The van der Waals surface area contributed by atoms with Gasteiger partial charge in [0.05, 0.1) is 0 Å². The predicted molar refractivity (Wildman–Crippen MR) is 140 cm³/mol. The largest absolute Gasteiger partial charge is 0.384 e. The van der Waals surface area contributed by atoms with Crippen LogP contribution in [0.3, 0.4) is 0 Å². The van der Waals surface area contributed by atoms with Crippen LogP contribution in [0.1, 0.15) is 13.8 Å². The van der Waals surface area contributed by atoms with E-state index >= 15 is 0 Å². The maximum atomic E-state index is 5.99. The number of benzene rings is 4. The molecule has 0 aliphatic heterocycles. The van der Waals surface area contributed by atoms with Crippen molar-refractivity contribution < 1.29 is 9.47 Å². The summed E-state index contributed by atoms with van der Waals surface area (Å²) in [6.07, 6.45) is 1.56. The third-order valence-electron chi connectivity index (χ3n) is 5.72. The van der Waals surface area contributed by atoms with Gasteiger partial charge in [0.25, 0.3) is 0 Å². The highest BCUT2D eigenvalue weighted by Gasteiger charge is 2.23. The van der Waals surface area contributed by atoms with Gasteiger partial charge in [0.2, 0.25) is 0 Å². The Labute approximate surface area is 195 Å². The van der Waals surface area contributed by atoms with E-state index < -0.39 is 17.6 Å². The van der Waals surface area contributed by atoms with Crippen molar-refractivity contribution in [1.29, 1.82) is 0 Å². The normalized spacial score (nSPS) is 11.5. The minimum absolute atomic E-state index is 0.743. The lowest BCUT2D eigenvalue weighted by molar-refractivity contribution is 0.192. The fourth-order valence-corrected chi connectivity index (χ4v) is 9.11. The Morgan fingerprint density at radius 2 is 0.906 bits per heavy atom. The zero-order valence-electron chi connectivity index (χ0n) is 18.9. The molecule has 162 valence electrons. The van der Waals surface area contributed by atoms with Crippen molar-refractivity contribution in [3.63, 3.8) is 0 Å². The summed E-state index contributed by atoms with van der Waals surface area (Å²) in [5.74, 6) is 0. The highest BCUT2D eigenvalue weighted by Crippen LogP contribution is 2.13. The second-order valence-corrected chi connectivity index (χ2v) is 12.4. The molecule has 0 atom stereocenters. The van der Waals surface area contributed by atoms with Gasteiger partial charge in [-0.3, -0.25) is 0 Å². The van der Waals surface area contributed by atoms with E-state index in [9.17, 15) is 0 Å². The summed E-state index contributed by atoms with van der Waals surface area (Å²) in [7, 11) is -2.10. The zero-order chi connectivity index (χ0) is 22.2. The maximum absolute atomic E-state index is 5.99. The van der Waals surface area contributed by atoms with Gasteiger partial charge in [0.1, 0.15) is 0 Å². The lowest BCUT2D eigenvalue weighted by atomic mass is 10.1. The first-order valence-electron chi connectivity index (χ1n) is 11.3. The van der Waals surface area contributed by atoms with Crippen LogP contribution in [0, 0.1) is 0 Å². The lowest BCUT2D eigenvalue weighted by Crippen LogP contribution is -2.49. The van der Waals surface area contributed by atoms with Gasteiger partial charge in [0.15, 0.2) is 17.6 Å². The van der Waals surface area contributed by atoms with Crippen molar-refractivity contribution in [1.82, 2.24) is 0 Å². The molecule has 0 bridgehead atoms. The average molecular weight is 455 g/mol. The predicted octanol–water partition coefficient (Wildman–Crippen LogP) is 3.21. The summed E-state index contributed by atoms with van der Waals surface area (Å²) in [6, 6.07) is 35.4. The van der Waals surface area contributed by atoms with Gasteiger partial charge in [-0.25, -0.2) is 0 Å². The molecule has 0 aliphatic carbocycles. The molecule has 0 spiro atoms. The number of hydrogen-bond donors (Lipinski definition) is 0. The van der Waals surface area contributed by atoms with Crippen LogP contribution in [0.5, 0.6) is 0 Å². The molecule has 0 aliphatic rings. The van der Waals surface area contributed by atoms with Gasteiger partial charge in [-0.15, -0.1) is 0 Å². The van der Waals surface area contributed by atoms with Crippen LogP contribution in [0.2, 0.25) is 0 Å². The van der Waals surface area contributed by atoms with Gasteiger partial charge in [-0.2, -0.15) is 0 Å². The number of fused-ring (bicyclic) bond motifs is 1. The van der Waals surface area contributed by atoms with Crippen molar-refractivity contribution in [3.05, 3.63) is 97.1 Å². The van der Waals surface area contributed by atoms with Crippen molar-refractivity contribution in [2.75, 3.05) is 25.7 Å². The van der Waals surface area contributed by atoms with Crippen molar-refractivity contribution in [2.45, 2.75) is 13.8 Å². The van der Waals surface area contributed by atoms with E-state index in [4.69, 9.17) is 9.47 Å². The second kappa shape index (κ2) is 11.4. The molecule has 4 aromatic carbocycles. The minimum atomic E-state index is -1.05. The monoisotopic (exact) mass is 454 g/mol. The van der Waals surface area contributed by atoms with Gasteiger partial charge in [-0.1, -0.05) is 107 Å². The Hall–Kier alpha value is -2.51. The molecule has 4 aromatic rings. The fourth-order valence-electron chi connectivity index (χ4n) is 4.16. The van der Waals surface area contributed by atoms with Crippen LogP contribution < -0.4 is 20.7 Å². The minimum Gasteiger partial charge on any atom is -0.384 e. The Kier molecular flexibility index (Phi) is 8.07. The zero-order valence-corrected chi connectivity index (χ0v) is 20.9. The molecule has 0 fully saturated rings. The summed E-state index contributed by atoms with van der Waals surface area (Å²) in [5.41, 5.74) is 0. The first kappa shape index (κ1) is 22.7. The smallest absolute Gasteiger partial charge is 0.151 e. The molecule has 0 amide bonds. The molecule has 4 heteroatoms. The van der Waals surface area contributed by atoms with E-state index in [1.165, 1.54) is 31.5 Å². The van der Waals surface area contributed by atoms with Gasteiger partial charge in [0, 0.05) is 25.7 Å². The van der Waals surface area contributed by atoms with Crippen LogP contribution in [0.25, 0.3) is 10.8 Å². The molecule has 0 N–H and O–H groups in total. The quantitative estimate of drug-likeness (QED) is 0.343. The van der Waals surface area contributed by atoms with E-state index in [0.29, 0.717) is 0 Å². The van der Waals surface area contributed by atoms with E-state index in [1.807, 2.05) is 0 Å². The van der Waals surface area contributed by atoms with Crippen LogP contribution in [-0.2, 0) is 9.47 Å². The number of hydrogen-bond acceptors (Lipinski definition) is 2. The average Bonchev–Trinajstić information content (AvgIpc) is 2.86. The highest BCUT2D eigenvalue weighted by molar-refractivity contribution is 6.88. The number of ether oxygens (including phenoxy) is 2. The first-order chi connectivity index (χ1) is 15.8. The van der Waals surface area contributed by atoms with Crippen molar-refractivity contribution in [3.8, 4) is 0 Å². The molecule has 4 rings (SSSR count). The summed E-state index contributed by atoms with van der Waals surface area (Å²) in [4.78, 5) is 0. The Morgan fingerprint density at radius 1 is 0.500 bits per heavy atom. The van der Waals surface area contributed by atoms with E-state index in [-0.39, 0.29) is 0 Å². The first-order valence-corrected chi connectivity index (χ1v) is 14.7. The van der Waals surface area contributed by atoms with Gasteiger partial charge in [-0.05, 0) is 35.0 Å². The lowest BCUT2D eigenvalue weighted by Gasteiger charge is -2.21. The molecule has 0 heterocycles. The van der Waals surface area contributed by atoms with Crippen molar-refractivity contribution >= 4 is 49.1 Å². The second-order valence-electron chi connectivity index (χ2n) is 7.67. The molecular weight excluding hydrogens is 424 g/mol. The Morgan fingerprint density at radius 3 is 1.28 bits per heavy atom. The third-order valence-corrected chi connectivity index (χ3v) is 10.9. The highest BCUT2D eigenvalue weighted by atomic mass is 28.3. The molecule has 0 aromatic heterocycles. The SMILES string of the molecule is CCOC[Si](c1ccccc1)c1cccc2c([Si](COCC)c3ccccc3)cccc12. The molecule has 32 heavy (non-hydrogen) atoms. The van der Waals surface area contributed by atoms with Crippen molar-refractivity contribution in [2.24, 2.45) is 0 Å². The van der Waals surface area contributed by atoms with Gasteiger partial charge < -0.3 is 9.47 Å². The summed E-state index contributed by atoms with van der Waals surface area (Å²) < 4.78 is 12.0. The van der Waals surface area contributed by atoms with E-state index in [1.54, 1.807) is 0 Å². The fraction of sp³-hybridized carbons (Fsp3) is 0.214. The summed E-state index contributed by atoms with van der Waals surface area (Å²) in [5, 5.41) is 8.37.